The molecule has 0 saturated carbocycles. The molecule has 1 fully saturated rings. The molecule has 2 amide bonds. The number of anilines is 1. The van der Waals surface area contributed by atoms with Gasteiger partial charge in [0, 0.05) is 25.2 Å². The molecule has 172 valence electrons. The van der Waals surface area contributed by atoms with Crippen molar-refractivity contribution in [3.8, 4) is 5.69 Å². The average molecular weight is 448 g/mol. The van der Waals surface area contributed by atoms with E-state index in [-0.39, 0.29) is 17.9 Å². The Kier molecular flexibility index (Phi) is 6.44. The predicted octanol–water partition coefficient (Wildman–Crippen LogP) is 4.63. The van der Waals surface area contributed by atoms with E-state index in [0.29, 0.717) is 37.2 Å². The maximum atomic E-state index is 13.2. The number of para-hydroxylation sites is 1. The maximum absolute atomic E-state index is 13.2. The lowest BCUT2D eigenvalue weighted by atomic mass is 9.91. The molecule has 3 heterocycles. The zero-order chi connectivity index (χ0) is 23.4. The van der Waals surface area contributed by atoms with Crippen LogP contribution in [0.3, 0.4) is 0 Å². The number of likely N-dealkylation sites (tertiary alicyclic amines) is 1. The summed E-state index contributed by atoms with van der Waals surface area (Å²) in [5.41, 5.74) is 2.37. The van der Waals surface area contributed by atoms with E-state index in [1.807, 2.05) is 55.8 Å². The molecule has 3 aromatic rings. The largest absolute Gasteiger partial charge is 0.444 e. The van der Waals surface area contributed by atoms with E-state index in [1.165, 1.54) is 0 Å². The van der Waals surface area contributed by atoms with E-state index in [1.54, 1.807) is 35.6 Å². The van der Waals surface area contributed by atoms with Crippen molar-refractivity contribution in [1.29, 1.82) is 0 Å². The van der Waals surface area contributed by atoms with Crippen LogP contribution in [0.25, 0.3) is 5.69 Å². The van der Waals surface area contributed by atoms with Gasteiger partial charge in [0.25, 0.3) is 5.91 Å². The molecule has 8 heteroatoms. The Morgan fingerprint density at radius 1 is 1.03 bits per heavy atom. The summed E-state index contributed by atoms with van der Waals surface area (Å²) in [6, 6.07) is 13.3. The van der Waals surface area contributed by atoms with E-state index in [0.717, 1.165) is 11.4 Å². The average Bonchev–Trinajstić information content (AvgIpc) is 3.25. The van der Waals surface area contributed by atoms with Crippen LogP contribution in [0, 0.1) is 0 Å². The number of aromatic nitrogens is 3. The lowest BCUT2D eigenvalue weighted by Gasteiger charge is -2.34. The van der Waals surface area contributed by atoms with Crippen LogP contribution in [0.5, 0.6) is 0 Å². The zero-order valence-corrected chi connectivity index (χ0v) is 19.2. The highest BCUT2D eigenvalue weighted by atomic mass is 16.6. The lowest BCUT2D eigenvalue weighted by Crippen LogP contribution is -2.41. The summed E-state index contributed by atoms with van der Waals surface area (Å²) in [5.74, 6) is -0.157. The summed E-state index contributed by atoms with van der Waals surface area (Å²) in [7, 11) is 0. The van der Waals surface area contributed by atoms with Crippen molar-refractivity contribution in [2.45, 2.75) is 45.1 Å². The number of pyridine rings is 1. The number of amides is 2. The Labute approximate surface area is 193 Å². The number of hydrogen-bond acceptors (Lipinski definition) is 5. The third kappa shape index (κ3) is 5.39. The third-order valence-corrected chi connectivity index (χ3v) is 5.50. The lowest BCUT2D eigenvalue weighted by molar-refractivity contribution is 0.0203. The van der Waals surface area contributed by atoms with Crippen molar-refractivity contribution in [3.63, 3.8) is 0 Å². The van der Waals surface area contributed by atoms with Gasteiger partial charge in [0.15, 0.2) is 0 Å². The zero-order valence-electron chi connectivity index (χ0n) is 19.2. The quantitative estimate of drug-likeness (QED) is 0.630. The van der Waals surface area contributed by atoms with Crippen LogP contribution in [-0.2, 0) is 4.74 Å². The molecule has 0 radical (unpaired) electrons. The topological polar surface area (TPSA) is 89.3 Å². The van der Waals surface area contributed by atoms with Gasteiger partial charge in [-0.1, -0.05) is 18.2 Å². The van der Waals surface area contributed by atoms with Gasteiger partial charge >= 0.3 is 6.09 Å². The number of rotatable bonds is 4. The molecule has 1 aromatic carbocycles. The van der Waals surface area contributed by atoms with Crippen molar-refractivity contribution >= 4 is 17.7 Å². The fourth-order valence-electron chi connectivity index (χ4n) is 4.00. The third-order valence-electron chi connectivity index (χ3n) is 5.50. The monoisotopic (exact) mass is 447 g/mol. The second-order valence-corrected chi connectivity index (χ2v) is 9.13. The minimum absolute atomic E-state index is 0.0704. The highest BCUT2D eigenvalue weighted by Crippen LogP contribution is 2.33. The number of carbonyl (C=O) groups excluding carboxylic acids is 2. The Morgan fingerprint density at radius 3 is 2.39 bits per heavy atom. The van der Waals surface area contributed by atoms with Gasteiger partial charge in [0.2, 0.25) is 0 Å². The van der Waals surface area contributed by atoms with E-state index in [4.69, 9.17) is 4.74 Å². The van der Waals surface area contributed by atoms with Gasteiger partial charge in [0.1, 0.15) is 5.60 Å². The Balaban J connectivity index is 1.59. The predicted molar refractivity (Wildman–Crippen MR) is 126 cm³/mol. The molecule has 0 aliphatic carbocycles. The molecule has 0 atom stereocenters. The Hall–Kier alpha value is -3.68. The fraction of sp³-hybridized carbons (Fsp3) is 0.360. The van der Waals surface area contributed by atoms with Gasteiger partial charge in [-0.15, -0.1) is 0 Å². The number of hydrogen-bond donors (Lipinski definition) is 1. The van der Waals surface area contributed by atoms with Crippen LogP contribution < -0.4 is 5.32 Å². The molecule has 1 saturated heterocycles. The molecule has 1 N–H and O–H groups in total. The van der Waals surface area contributed by atoms with Crippen molar-refractivity contribution in [2.24, 2.45) is 0 Å². The van der Waals surface area contributed by atoms with Crippen molar-refractivity contribution < 1.29 is 14.3 Å². The van der Waals surface area contributed by atoms with E-state index in [9.17, 15) is 9.59 Å². The number of benzene rings is 1. The van der Waals surface area contributed by atoms with Crippen LogP contribution in [-0.4, -0.2) is 50.4 Å². The van der Waals surface area contributed by atoms with Crippen molar-refractivity contribution in [2.75, 3.05) is 18.4 Å². The summed E-state index contributed by atoms with van der Waals surface area (Å²) in [4.78, 5) is 31.5. The van der Waals surface area contributed by atoms with Crippen molar-refractivity contribution in [3.05, 3.63) is 72.3 Å². The van der Waals surface area contributed by atoms with Gasteiger partial charge in [-0.3, -0.25) is 9.78 Å². The number of ether oxygens (including phenoxy) is 1. The molecular weight excluding hydrogens is 418 g/mol. The van der Waals surface area contributed by atoms with Crippen LogP contribution in [0.2, 0.25) is 0 Å². The molecule has 0 bridgehead atoms. The summed E-state index contributed by atoms with van der Waals surface area (Å²) in [6.45, 7) is 6.71. The van der Waals surface area contributed by atoms with Crippen LogP contribution >= 0.6 is 0 Å². The standard InChI is InChI=1S/C25H29N5O3/c1-25(2,3)33-24(32)29-14-11-18(12-15-29)22-21(23(31)28-19-8-7-13-26-16-19)17-27-30(22)20-9-5-4-6-10-20/h4-10,13,16-18H,11-12,14-15H2,1-3H3,(H,28,31). The van der Waals surface area contributed by atoms with Crippen LogP contribution in [0.15, 0.2) is 61.1 Å². The van der Waals surface area contributed by atoms with E-state index >= 15 is 0 Å². The molecule has 4 rings (SSSR count). The molecule has 1 aliphatic rings. The minimum Gasteiger partial charge on any atom is -0.444 e. The Morgan fingerprint density at radius 2 is 1.76 bits per heavy atom. The van der Waals surface area contributed by atoms with Crippen LogP contribution in [0.4, 0.5) is 10.5 Å². The molecule has 0 unspecified atom stereocenters. The van der Waals surface area contributed by atoms with Crippen LogP contribution in [0.1, 0.15) is 55.6 Å². The van der Waals surface area contributed by atoms with E-state index in [2.05, 4.69) is 15.4 Å². The van der Waals surface area contributed by atoms with E-state index < -0.39 is 5.60 Å². The maximum Gasteiger partial charge on any atom is 0.410 e. The fourth-order valence-corrected chi connectivity index (χ4v) is 4.00. The second-order valence-electron chi connectivity index (χ2n) is 9.13. The molecule has 1 aliphatic heterocycles. The summed E-state index contributed by atoms with van der Waals surface area (Å²) < 4.78 is 7.36. The minimum atomic E-state index is -0.530. The smallest absolute Gasteiger partial charge is 0.410 e. The highest BCUT2D eigenvalue weighted by molar-refractivity contribution is 6.05. The first kappa shape index (κ1) is 22.5. The second kappa shape index (κ2) is 9.44. The first-order valence-corrected chi connectivity index (χ1v) is 11.1. The van der Waals surface area contributed by atoms with Gasteiger partial charge in [-0.25, -0.2) is 9.48 Å². The summed E-state index contributed by atoms with van der Waals surface area (Å²) >= 11 is 0. The number of carbonyl (C=O) groups is 2. The van der Waals surface area contributed by atoms with Gasteiger partial charge in [-0.2, -0.15) is 5.10 Å². The summed E-state index contributed by atoms with van der Waals surface area (Å²) in [6.07, 6.45) is 6.02. The molecule has 33 heavy (non-hydrogen) atoms. The number of piperidine rings is 1. The first-order valence-electron chi connectivity index (χ1n) is 11.1. The summed E-state index contributed by atoms with van der Waals surface area (Å²) in [5, 5.41) is 7.48. The normalized spacial score (nSPS) is 14.7. The first-order chi connectivity index (χ1) is 15.8. The Bertz CT molecular complexity index is 1100. The SMILES string of the molecule is CC(C)(C)OC(=O)N1CCC(c2c(C(=O)Nc3cccnc3)cnn2-c2ccccc2)CC1. The molecule has 2 aromatic heterocycles. The highest BCUT2D eigenvalue weighted by Gasteiger charge is 2.32. The number of nitrogens with zero attached hydrogens (tertiary/aromatic N) is 4. The molecule has 8 nitrogen and oxygen atoms in total. The van der Waals surface area contributed by atoms with Crippen molar-refractivity contribution in [1.82, 2.24) is 19.7 Å². The van der Waals surface area contributed by atoms with Gasteiger partial charge in [-0.05, 0) is 57.9 Å². The number of nitrogens with one attached hydrogen (secondary N) is 1. The van der Waals surface area contributed by atoms with Gasteiger partial charge in [0.05, 0.1) is 35.0 Å². The molecular formula is C25H29N5O3. The molecule has 0 spiro atoms. The van der Waals surface area contributed by atoms with Gasteiger partial charge < -0.3 is 15.0 Å².